The molecule has 0 saturated carbocycles. The van der Waals surface area contributed by atoms with Crippen LogP contribution in [0, 0.1) is 0 Å². The molecule has 0 aliphatic carbocycles. The van der Waals surface area contributed by atoms with E-state index < -0.39 is 24.0 Å². The van der Waals surface area contributed by atoms with E-state index in [0.29, 0.717) is 19.4 Å². The van der Waals surface area contributed by atoms with Crippen LogP contribution in [0.4, 0.5) is 0 Å². The molecule has 0 fully saturated rings. The van der Waals surface area contributed by atoms with Crippen LogP contribution in [0.1, 0.15) is 19.3 Å². The summed E-state index contributed by atoms with van der Waals surface area (Å²) in [6, 6.07) is -1.72. The second-order valence-corrected chi connectivity index (χ2v) is 3.59. The summed E-state index contributed by atoms with van der Waals surface area (Å²) in [5, 5.41) is 19.8. The molecule has 7 N–H and O–H groups in total. The molecular formula is C9H19N3O4. The summed E-state index contributed by atoms with van der Waals surface area (Å²) in [5.41, 5.74) is 10.6. The summed E-state index contributed by atoms with van der Waals surface area (Å²) < 4.78 is 0. The molecule has 0 saturated heterocycles. The molecule has 2 atom stereocenters. The van der Waals surface area contributed by atoms with Gasteiger partial charge in [-0.1, -0.05) is 6.42 Å². The minimum atomic E-state index is -1.04. The van der Waals surface area contributed by atoms with E-state index in [-0.39, 0.29) is 6.54 Å². The lowest BCUT2D eigenvalue weighted by molar-refractivity contribution is -0.139. The monoisotopic (exact) mass is 233 g/mol. The fourth-order valence-electron chi connectivity index (χ4n) is 1.08. The molecule has 0 aromatic heterocycles. The maximum Gasteiger partial charge on any atom is 0.321 e. The lowest BCUT2D eigenvalue weighted by atomic mass is 10.1. The molecule has 0 aromatic carbocycles. The summed E-state index contributed by atoms with van der Waals surface area (Å²) in [7, 11) is 0. The Bertz CT molecular complexity index is 211. The molecule has 0 radical (unpaired) electrons. The van der Waals surface area contributed by atoms with Crippen molar-refractivity contribution in [1.29, 1.82) is 0 Å². The average molecular weight is 233 g/mol. The van der Waals surface area contributed by atoms with E-state index in [1.807, 2.05) is 0 Å². The van der Waals surface area contributed by atoms with Gasteiger partial charge >= 0.3 is 11.9 Å². The van der Waals surface area contributed by atoms with Crippen LogP contribution >= 0.6 is 0 Å². The fraction of sp³-hybridized carbons (Fsp3) is 0.778. The third kappa shape index (κ3) is 7.16. The number of unbranched alkanes of at least 4 members (excludes halogenated alkanes) is 1. The van der Waals surface area contributed by atoms with Crippen LogP contribution in [0.3, 0.4) is 0 Å². The van der Waals surface area contributed by atoms with E-state index in [9.17, 15) is 9.59 Å². The molecule has 0 rings (SSSR count). The second kappa shape index (κ2) is 8.03. The van der Waals surface area contributed by atoms with Crippen LogP contribution in [-0.4, -0.2) is 47.3 Å². The number of nitrogens with two attached hydrogens (primary N) is 2. The van der Waals surface area contributed by atoms with E-state index in [1.54, 1.807) is 0 Å². The molecular weight excluding hydrogens is 214 g/mol. The largest absolute Gasteiger partial charge is 0.480 e. The number of aliphatic carboxylic acids is 2. The molecule has 16 heavy (non-hydrogen) atoms. The zero-order valence-corrected chi connectivity index (χ0v) is 9.06. The van der Waals surface area contributed by atoms with Gasteiger partial charge < -0.3 is 27.0 Å². The Morgan fingerprint density at radius 2 is 1.62 bits per heavy atom. The molecule has 94 valence electrons. The Kier molecular flexibility index (Phi) is 7.44. The summed E-state index contributed by atoms with van der Waals surface area (Å²) >= 11 is 0. The normalized spacial score (nSPS) is 14.4. The third-order valence-corrected chi connectivity index (χ3v) is 2.12. The highest BCUT2D eigenvalue weighted by atomic mass is 16.4. The van der Waals surface area contributed by atoms with Crippen molar-refractivity contribution in [3.05, 3.63) is 0 Å². The van der Waals surface area contributed by atoms with Crippen molar-refractivity contribution in [2.24, 2.45) is 11.5 Å². The molecule has 0 aliphatic rings. The molecule has 0 aromatic rings. The van der Waals surface area contributed by atoms with Gasteiger partial charge in [0.05, 0.1) is 0 Å². The Morgan fingerprint density at radius 3 is 2.12 bits per heavy atom. The minimum absolute atomic E-state index is 0.209. The number of carbonyl (C=O) groups is 2. The maximum absolute atomic E-state index is 10.4. The van der Waals surface area contributed by atoms with Gasteiger partial charge in [-0.25, -0.2) is 0 Å². The quantitative estimate of drug-likeness (QED) is 0.308. The molecule has 7 heteroatoms. The number of hydrogen-bond donors (Lipinski definition) is 5. The number of nitrogens with one attached hydrogen (secondary N) is 1. The summed E-state index contributed by atoms with van der Waals surface area (Å²) in [5.74, 6) is -2.04. The highest BCUT2D eigenvalue weighted by molar-refractivity contribution is 5.73. The zero-order valence-electron chi connectivity index (χ0n) is 9.06. The van der Waals surface area contributed by atoms with E-state index in [4.69, 9.17) is 21.7 Å². The first-order valence-electron chi connectivity index (χ1n) is 5.12. The van der Waals surface area contributed by atoms with Crippen molar-refractivity contribution in [3.63, 3.8) is 0 Å². The van der Waals surface area contributed by atoms with Crippen LogP contribution in [0.2, 0.25) is 0 Å². The van der Waals surface area contributed by atoms with Gasteiger partial charge in [-0.15, -0.1) is 0 Å². The third-order valence-electron chi connectivity index (χ3n) is 2.12. The smallest absolute Gasteiger partial charge is 0.321 e. The van der Waals surface area contributed by atoms with Crippen molar-refractivity contribution < 1.29 is 19.8 Å². The van der Waals surface area contributed by atoms with Gasteiger partial charge in [-0.2, -0.15) is 0 Å². The minimum Gasteiger partial charge on any atom is -0.480 e. The molecule has 0 heterocycles. The first kappa shape index (κ1) is 14.8. The topological polar surface area (TPSA) is 139 Å². The van der Waals surface area contributed by atoms with Crippen LogP contribution in [0.5, 0.6) is 0 Å². The van der Waals surface area contributed by atoms with Gasteiger partial charge in [0.25, 0.3) is 0 Å². The lowest BCUT2D eigenvalue weighted by Crippen LogP contribution is -2.40. The van der Waals surface area contributed by atoms with Gasteiger partial charge in [0.15, 0.2) is 0 Å². The summed E-state index contributed by atoms with van der Waals surface area (Å²) in [4.78, 5) is 20.7. The standard InChI is InChI=1S/C9H19N3O4/c10-6(8(13)14)3-1-2-4-12-5-7(11)9(15)16/h6-7,12H,1-5,10-11H2,(H,13,14)(H,15,16)/t6-,7-/m1/s1. The Balaban J connectivity index is 3.34. The maximum atomic E-state index is 10.4. The highest BCUT2D eigenvalue weighted by Crippen LogP contribution is 1.98. The highest BCUT2D eigenvalue weighted by Gasteiger charge is 2.11. The van der Waals surface area contributed by atoms with Gasteiger partial charge in [-0.05, 0) is 19.4 Å². The van der Waals surface area contributed by atoms with E-state index in [1.165, 1.54) is 0 Å². The van der Waals surface area contributed by atoms with E-state index in [2.05, 4.69) is 5.32 Å². The number of hydrogen-bond acceptors (Lipinski definition) is 5. The lowest BCUT2D eigenvalue weighted by Gasteiger charge is -2.09. The van der Waals surface area contributed by atoms with Gasteiger partial charge in [0.1, 0.15) is 12.1 Å². The molecule has 0 spiro atoms. The van der Waals surface area contributed by atoms with Gasteiger partial charge in [0, 0.05) is 6.54 Å². The number of rotatable bonds is 9. The Hall–Kier alpha value is -1.18. The second-order valence-electron chi connectivity index (χ2n) is 3.59. The van der Waals surface area contributed by atoms with Crippen molar-refractivity contribution in [1.82, 2.24) is 5.32 Å². The number of carboxylic acid groups (broad SMARTS) is 2. The fourth-order valence-corrected chi connectivity index (χ4v) is 1.08. The molecule has 0 bridgehead atoms. The van der Waals surface area contributed by atoms with Crippen LogP contribution in [-0.2, 0) is 9.59 Å². The van der Waals surface area contributed by atoms with E-state index in [0.717, 1.165) is 6.42 Å². The predicted octanol–water partition coefficient (Wildman–Crippen LogP) is -1.43. The first-order chi connectivity index (χ1) is 7.45. The summed E-state index contributed by atoms with van der Waals surface area (Å²) in [6.07, 6.45) is 1.85. The number of carboxylic acids is 2. The molecule has 0 unspecified atom stereocenters. The predicted molar refractivity (Wildman–Crippen MR) is 57.9 cm³/mol. The van der Waals surface area contributed by atoms with E-state index >= 15 is 0 Å². The van der Waals surface area contributed by atoms with Crippen LogP contribution < -0.4 is 16.8 Å². The molecule has 7 nitrogen and oxygen atoms in total. The zero-order chi connectivity index (χ0) is 12.6. The van der Waals surface area contributed by atoms with Gasteiger partial charge in [0.2, 0.25) is 0 Å². The van der Waals surface area contributed by atoms with Crippen molar-refractivity contribution in [2.45, 2.75) is 31.3 Å². The van der Waals surface area contributed by atoms with Gasteiger partial charge in [-0.3, -0.25) is 9.59 Å². The van der Waals surface area contributed by atoms with Crippen molar-refractivity contribution >= 4 is 11.9 Å². The van der Waals surface area contributed by atoms with Crippen molar-refractivity contribution in [3.8, 4) is 0 Å². The molecule has 0 amide bonds. The Labute approximate surface area is 93.8 Å². The van der Waals surface area contributed by atoms with Crippen molar-refractivity contribution in [2.75, 3.05) is 13.1 Å². The van der Waals surface area contributed by atoms with Crippen LogP contribution in [0.15, 0.2) is 0 Å². The summed E-state index contributed by atoms with van der Waals surface area (Å²) in [6.45, 7) is 0.813. The first-order valence-corrected chi connectivity index (χ1v) is 5.12. The van der Waals surface area contributed by atoms with Crippen LogP contribution in [0.25, 0.3) is 0 Å². The SMILES string of the molecule is N[C@H](CCCCNC[C@@H](N)C(=O)O)C(=O)O. The molecule has 0 aliphatic heterocycles. The Morgan fingerprint density at radius 1 is 1.06 bits per heavy atom. The average Bonchev–Trinajstić information content (AvgIpc) is 2.21.